The van der Waals surface area contributed by atoms with Gasteiger partial charge in [0.2, 0.25) is 0 Å². The Kier molecular flexibility index (Phi) is 3.57. The molecule has 0 aliphatic heterocycles. The lowest BCUT2D eigenvalue weighted by Crippen LogP contribution is -2.44. The minimum absolute atomic E-state index is 0.0570. The monoisotopic (exact) mass is 225 g/mol. The largest absolute Gasteiger partial charge is 0.476 e. The number of aliphatic hydroxyl groups is 1. The maximum Gasteiger partial charge on any atom is 0.387 e. The molecule has 0 bridgehead atoms. The van der Waals surface area contributed by atoms with Gasteiger partial charge in [-0.05, 0) is 0 Å². The maximum absolute atomic E-state index is 11.1. The normalized spacial score (nSPS) is 14.1. The van der Waals surface area contributed by atoms with Crippen LogP contribution in [0.3, 0.4) is 0 Å². The zero-order valence-corrected chi connectivity index (χ0v) is 8.37. The fourth-order valence-electron chi connectivity index (χ4n) is 1.53. The van der Waals surface area contributed by atoms with Crippen LogP contribution >= 0.6 is 0 Å². The topological polar surface area (TPSA) is 101 Å². The van der Waals surface area contributed by atoms with Gasteiger partial charge in [-0.2, -0.15) is 0 Å². The third-order valence-corrected chi connectivity index (χ3v) is 2.39. The van der Waals surface area contributed by atoms with E-state index < -0.39 is 29.5 Å². The summed E-state index contributed by atoms with van der Waals surface area (Å²) < 4.78 is 0. The number of rotatable bonds is 5. The molecule has 0 saturated carbocycles. The van der Waals surface area contributed by atoms with E-state index >= 15 is 0 Å². The van der Waals surface area contributed by atoms with Gasteiger partial charge in [0.15, 0.2) is 0 Å². The Morgan fingerprint density at radius 1 is 1.38 bits per heavy atom. The molecular formula is C10H11NO5. The number of aliphatic hydroxyl groups excluding tert-OH is 1. The first-order valence-electron chi connectivity index (χ1n) is 4.60. The molecular weight excluding hydrogens is 214 g/mol. The van der Waals surface area contributed by atoms with Crippen molar-refractivity contribution in [3.05, 3.63) is 46.0 Å². The minimum atomic E-state index is -2.27. The van der Waals surface area contributed by atoms with Crippen molar-refractivity contribution in [1.82, 2.24) is 0 Å². The molecule has 1 rings (SSSR count). The van der Waals surface area contributed by atoms with E-state index in [4.69, 9.17) is 10.2 Å². The Bertz CT molecular complexity index is 375. The van der Waals surface area contributed by atoms with Crippen LogP contribution in [0, 0.1) is 10.1 Å². The highest BCUT2D eigenvalue weighted by atomic mass is 16.6. The number of nitro groups is 1. The molecule has 0 spiro atoms. The van der Waals surface area contributed by atoms with Crippen LogP contribution in [0.25, 0.3) is 0 Å². The minimum Gasteiger partial charge on any atom is -0.476 e. The van der Waals surface area contributed by atoms with Gasteiger partial charge in [-0.3, -0.25) is 10.1 Å². The molecule has 1 aromatic rings. The van der Waals surface area contributed by atoms with E-state index in [1.165, 1.54) is 24.3 Å². The van der Waals surface area contributed by atoms with Crippen molar-refractivity contribution in [3.8, 4) is 0 Å². The van der Waals surface area contributed by atoms with Crippen molar-refractivity contribution in [2.24, 2.45) is 0 Å². The smallest absolute Gasteiger partial charge is 0.387 e. The summed E-state index contributed by atoms with van der Waals surface area (Å²) in [6, 6.07) is 7.41. The van der Waals surface area contributed by atoms with Gasteiger partial charge in [0.05, 0.1) is 13.0 Å². The van der Waals surface area contributed by atoms with Crippen LogP contribution in [0.15, 0.2) is 30.3 Å². The fraction of sp³-hybridized carbons (Fsp3) is 0.300. The predicted molar refractivity (Wildman–Crippen MR) is 54.5 cm³/mol. The van der Waals surface area contributed by atoms with Crippen LogP contribution in [-0.2, 0) is 10.3 Å². The van der Waals surface area contributed by atoms with E-state index in [-0.39, 0.29) is 5.56 Å². The summed E-state index contributed by atoms with van der Waals surface area (Å²) in [5.41, 5.74) is -2.21. The molecule has 0 aromatic heterocycles. The fourth-order valence-corrected chi connectivity index (χ4v) is 1.53. The van der Waals surface area contributed by atoms with Crippen molar-refractivity contribution in [1.29, 1.82) is 0 Å². The first-order chi connectivity index (χ1) is 7.55. The lowest BCUT2D eigenvalue weighted by atomic mass is 9.87. The van der Waals surface area contributed by atoms with Gasteiger partial charge < -0.3 is 10.2 Å². The number of benzene rings is 1. The van der Waals surface area contributed by atoms with E-state index in [2.05, 4.69) is 0 Å². The van der Waals surface area contributed by atoms with E-state index in [1.807, 2.05) is 0 Å². The number of carbonyl (C=O) groups is 1. The first-order valence-corrected chi connectivity index (χ1v) is 4.60. The summed E-state index contributed by atoms with van der Waals surface area (Å²) in [7, 11) is 0. The molecule has 1 unspecified atom stereocenters. The summed E-state index contributed by atoms with van der Waals surface area (Å²) in [5.74, 6) is -1.57. The highest BCUT2D eigenvalue weighted by Crippen LogP contribution is 2.28. The quantitative estimate of drug-likeness (QED) is 0.565. The summed E-state index contributed by atoms with van der Waals surface area (Å²) in [6.07, 6.45) is -0.459. The van der Waals surface area contributed by atoms with E-state index in [0.717, 1.165) is 0 Å². The Balaban J connectivity index is 3.33. The number of nitrogens with zero attached hydrogens (tertiary/aromatic N) is 1. The molecule has 6 heteroatoms. The van der Waals surface area contributed by atoms with Gasteiger partial charge in [-0.1, -0.05) is 30.3 Å². The summed E-state index contributed by atoms with van der Waals surface area (Å²) >= 11 is 0. The molecule has 0 heterocycles. The van der Waals surface area contributed by atoms with Gasteiger partial charge in [-0.25, -0.2) is 4.79 Å². The van der Waals surface area contributed by atoms with E-state index in [0.29, 0.717) is 0 Å². The molecule has 0 aliphatic carbocycles. The average Bonchev–Trinajstić information content (AvgIpc) is 2.26. The zero-order valence-electron chi connectivity index (χ0n) is 8.37. The van der Waals surface area contributed by atoms with Gasteiger partial charge >= 0.3 is 11.5 Å². The second-order valence-electron chi connectivity index (χ2n) is 3.26. The van der Waals surface area contributed by atoms with Crippen LogP contribution in [0.2, 0.25) is 0 Å². The predicted octanol–water partition coefficient (Wildman–Crippen LogP) is 0.626. The third-order valence-electron chi connectivity index (χ3n) is 2.39. The van der Waals surface area contributed by atoms with Gasteiger partial charge in [-0.15, -0.1) is 0 Å². The number of carboxylic acid groups (broad SMARTS) is 1. The molecule has 0 amide bonds. The Morgan fingerprint density at radius 2 is 1.94 bits per heavy atom. The zero-order chi connectivity index (χ0) is 12.2. The Labute approximate surface area is 91.3 Å². The van der Waals surface area contributed by atoms with Crippen molar-refractivity contribution in [3.63, 3.8) is 0 Å². The molecule has 0 fully saturated rings. The Morgan fingerprint density at radius 3 is 2.31 bits per heavy atom. The first kappa shape index (κ1) is 12.1. The van der Waals surface area contributed by atoms with Gasteiger partial charge in [0.25, 0.3) is 0 Å². The van der Waals surface area contributed by atoms with Crippen LogP contribution < -0.4 is 0 Å². The number of hydrogen-bond donors (Lipinski definition) is 2. The van der Waals surface area contributed by atoms with Crippen LogP contribution in [0.5, 0.6) is 0 Å². The number of aliphatic carboxylic acids is 1. The highest BCUT2D eigenvalue weighted by Gasteiger charge is 2.52. The second-order valence-corrected chi connectivity index (χ2v) is 3.26. The van der Waals surface area contributed by atoms with Crippen LogP contribution in [0.4, 0.5) is 0 Å². The molecule has 0 aliphatic rings. The highest BCUT2D eigenvalue weighted by molar-refractivity contribution is 5.79. The number of carboxylic acids is 1. The summed E-state index contributed by atoms with van der Waals surface area (Å²) in [5, 5.41) is 28.8. The average molecular weight is 225 g/mol. The van der Waals surface area contributed by atoms with Crippen molar-refractivity contribution < 1.29 is 19.9 Å². The molecule has 16 heavy (non-hydrogen) atoms. The van der Waals surface area contributed by atoms with Crippen molar-refractivity contribution >= 4 is 5.97 Å². The van der Waals surface area contributed by atoms with Gasteiger partial charge in [0.1, 0.15) is 0 Å². The third kappa shape index (κ3) is 1.87. The molecule has 0 saturated heterocycles. The molecule has 1 aromatic carbocycles. The van der Waals surface area contributed by atoms with Crippen LogP contribution in [-0.4, -0.2) is 27.7 Å². The number of hydrogen-bond acceptors (Lipinski definition) is 4. The molecule has 1 atom stereocenters. The standard InChI is InChI=1S/C10H11NO5/c12-7-6-10(9(13)14,11(15)16)8-4-2-1-3-5-8/h1-5,12H,6-7H2,(H,13,14). The Hall–Kier alpha value is -1.95. The molecule has 0 radical (unpaired) electrons. The van der Waals surface area contributed by atoms with Crippen LogP contribution in [0.1, 0.15) is 12.0 Å². The lowest BCUT2D eigenvalue weighted by molar-refractivity contribution is -0.565. The maximum atomic E-state index is 11.1. The SMILES string of the molecule is O=C(O)C(CCO)(c1ccccc1)[N+](=O)[O-]. The molecule has 6 nitrogen and oxygen atoms in total. The molecule has 86 valence electrons. The second kappa shape index (κ2) is 4.71. The van der Waals surface area contributed by atoms with E-state index in [1.54, 1.807) is 6.07 Å². The summed E-state index contributed by atoms with van der Waals surface area (Å²) in [4.78, 5) is 21.2. The van der Waals surface area contributed by atoms with Crippen molar-refractivity contribution in [2.75, 3.05) is 6.61 Å². The lowest BCUT2D eigenvalue weighted by Gasteiger charge is -2.20. The summed E-state index contributed by atoms with van der Waals surface area (Å²) in [6.45, 7) is -0.567. The van der Waals surface area contributed by atoms with Gasteiger partial charge in [0, 0.05) is 10.5 Å². The van der Waals surface area contributed by atoms with Crippen molar-refractivity contribution in [2.45, 2.75) is 12.0 Å². The van der Waals surface area contributed by atoms with E-state index in [9.17, 15) is 14.9 Å². The molecule has 2 N–H and O–H groups in total.